The smallest absolute Gasteiger partial charge is 0.146 e. The molecule has 0 bridgehead atoms. The van der Waals surface area contributed by atoms with Crippen molar-refractivity contribution in [3.63, 3.8) is 0 Å². The van der Waals surface area contributed by atoms with Gasteiger partial charge in [0.15, 0.2) is 0 Å². The molecule has 0 saturated carbocycles. The summed E-state index contributed by atoms with van der Waals surface area (Å²) in [5.74, 6) is 0. The van der Waals surface area contributed by atoms with E-state index in [1.165, 1.54) is 0 Å². The molecular formula is C6H3N2S. The largest absolute Gasteiger partial charge is 0.157 e. The molecule has 9 heavy (non-hydrogen) atoms. The van der Waals surface area contributed by atoms with E-state index in [0.29, 0.717) is 0 Å². The summed E-state index contributed by atoms with van der Waals surface area (Å²) in [7, 11) is 0. The molecule has 2 heterocycles. The number of rotatable bonds is 0. The summed E-state index contributed by atoms with van der Waals surface area (Å²) in [6.07, 6.45) is 1.58. The molecule has 0 aliphatic carbocycles. The first-order chi connectivity index (χ1) is 4.47. The zero-order valence-electron chi connectivity index (χ0n) is 4.53. The van der Waals surface area contributed by atoms with Crippen LogP contribution in [0.4, 0.5) is 0 Å². The molecule has 0 unspecified atom stereocenters. The van der Waals surface area contributed by atoms with Gasteiger partial charge in [-0.05, 0) is 11.4 Å². The van der Waals surface area contributed by atoms with Crippen LogP contribution in [-0.2, 0) is 0 Å². The van der Waals surface area contributed by atoms with E-state index in [2.05, 4.69) is 16.3 Å². The minimum Gasteiger partial charge on any atom is -0.157 e. The average molecular weight is 135 g/mol. The lowest BCUT2D eigenvalue weighted by molar-refractivity contribution is 1.08. The topological polar surface area (TPSA) is 25.8 Å². The summed E-state index contributed by atoms with van der Waals surface area (Å²) in [5, 5.41) is 10.6. The van der Waals surface area contributed by atoms with E-state index in [1.807, 2.05) is 11.4 Å². The Bertz CT molecular complexity index is 285. The fourth-order valence-electron chi connectivity index (χ4n) is 0.668. The van der Waals surface area contributed by atoms with Crippen LogP contribution in [0.3, 0.4) is 0 Å². The molecule has 0 amide bonds. The second-order valence-corrected chi connectivity index (χ2v) is 2.52. The molecule has 2 nitrogen and oxygen atoms in total. The number of nitrogens with zero attached hydrogens (tertiary/aromatic N) is 2. The number of hydrogen-bond donors (Lipinski definition) is 0. The van der Waals surface area contributed by atoms with Crippen molar-refractivity contribution in [2.45, 2.75) is 0 Å². The van der Waals surface area contributed by atoms with Crippen LogP contribution < -0.4 is 0 Å². The second kappa shape index (κ2) is 1.77. The molecule has 1 radical (unpaired) electrons. The molecule has 0 atom stereocenters. The van der Waals surface area contributed by atoms with Gasteiger partial charge in [-0.2, -0.15) is 5.10 Å². The quantitative estimate of drug-likeness (QED) is 0.547. The van der Waals surface area contributed by atoms with Crippen molar-refractivity contribution >= 4 is 21.6 Å². The molecule has 2 aromatic rings. The van der Waals surface area contributed by atoms with Crippen molar-refractivity contribution in [1.82, 2.24) is 10.2 Å². The molecule has 0 aliphatic rings. The lowest BCUT2D eigenvalue weighted by atomic mass is 10.4. The SMILES string of the molecule is [c]1cnnc2sccc12. The van der Waals surface area contributed by atoms with E-state index in [1.54, 1.807) is 17.5 Å². The zero-order chi connectivity index (χ0) is 6.10. The number of thiophene rings is 1. The molecule has 0 aliphatic heterocycles. The van der Waals surface area contributed by atoms with E-state index < -0.39 is 0 Å². The Hall–Kier alpha value is -0.960. The summed E-state index contributed by atoms with van der Waals surface area (Å²) >= 11 is 1.58. The van der Waals surface area contributed by atoms with Crippen LogP contribution in [0.15, 0.2) is 17.6 Å². The molecule has 2 aromatic heterocycles. The van der Waals surface area contributed by atoms with Crippen molar-refractivity contribution in [3.8, 4) is 0 Å². The van der Waals surface area contributed by atoms with Crippen molar-refractivity contribution in [3.05, 3.63) is 23.7 Å². The fourth-order valence-corrected chi connectivity index (χ4v) is 1.35. The minimum absolute atomic E-state index is 0.956. The van der Waals surface area contributed by atoms with Gasteiger partial charge in [0.1, 0.15) is 4.83 Å². The van der Waals surface area contributed by atoms with Crippen LogP contribution in [0.25, 0.3) is 10.2 Å². The summed E-state index contributed by atoms with van der Waals surface area (Å²) in [6, 6.07) is 4.95. The third-order valence-electron chi connectivity index (χ3n) is 1.07. The molecule has 0 aromatic carbocycles. The van der Waals surface area contributed by atoms with Gasteiger partial charge in [0.2, 0.25) is 0 Å². The highest BCUT2D eigenvalue weighted by Gasteiger charge is 1.91. The summed E-state index contributed by atoms with van der Waals surface area (Å²) in [4.78, 5) is 0.956. The Morgan fingerprint density at radius 1 is 1.56 bits per heavy atom. The molecule has 0 saturated heterocycles. The number of aromatic nitrogens is 2. The van der Waals surface area contributed by atoms with Crippen LogP contribution in [0.2, 0.25) is 0 Å². The Labute approximate surface area is 56.2 Å². The molecule has 43 valence electrons. The van der Waals surface area contributed by atoms with Crippen LogP contribution in [0, 0.1) is 6.07 Å². The van der Waals surface area contributed by atoms with E-state index in [-0.39, 0.29) is 0 Å². The van der Waals surface area contributed by atoms with Crippen LogP contribution in [0.5, 0.6) is 0 Å². The Morgan fingerprint density at radius 2 is 2.56 bits per heavy atom. The first-order valence-corrected chi connectivity index (χ1v) is 3.41. The van der Waals surface area contributed by atoms with E-state index in [9.17, 15) is 0 Å². The predicted molar refractivity (Wildman–Crippen MR) is 36.3 cm³/mol. The van der Waals surface area contributed by atoms with Crippen LogP contribution in [0.1, 0.15) is 0 Å². The number of hydrogen-bond acceptors (Lipinski definition) is 3. The molecular weight excluding hydrogens is 132 g/mol. The highest BCUT2D eigenvalue weighted by molar-refractivity contribution is 7.16. The minimum atomic E-state index is 0.956. The highest BCUT2D eigenvalue weighted by Crippen LogP contribution is 2.14. The zero-order valence-corrected chi connectivity index (χ0v) is 5.35. The maximum Gasteiger partial charge on any atom is 0.146 e. The summed E-state index contributed by atoms with van der Waals surface area (Å²) in [5.41, 5.74) is 0. The van der Waals surface area contributed by atoms with Crippen molar-refractivity contribution in [1.29, 1.82) is 0 Å². The maximum atomic E-state index is 3.88. The Balaban J connectivity index is 2.95. The monoisotopic (exact) mass is 135 g/mol. The molecule has 0 N–H and O–H groups in total. The van der Waals surface area contributed by atoms with Gasteiger partial charge >= 0.3 is 0 Å². The lowest BCUT2D eigenvalue weighted by Crippen LogP contribution is -1.74. The van der Waals surface area contributed by atoms with Crippen molar-refractivity contribution in [2.24, 2.45) is 0 Å². The van der Waals surface area contributed by atoms with Gasteiger partial charge in [-0.3, -0.25) is 0 Å². The third kappa shape index (κ3) is 0.695. The maximum absolute atomic E-state index is 3.88. The predicted octanol–water partition coefficient (Wildman–Crippen LogP) is 1.49. The van der Waals surface area contributed by atoms with Gasteiger partial charge in [-0.15, -0.1) is 16.4 Å². The van der Waals surface area contributed by atoms with Gasteiger partial charge in [-0.25, -0.2) is 0 Å². The first kappa shape index (κ1) is 4.88. The summed E-state index contributed by atoms with van der Waals surface area (Å²) in [6.45, 7) is 0. The molecule has 3 heteroatoms. The highest BCUT2D eigenvalue weighted by atomic mass is 32.1. The standard InChI is InChI=1S/C6H3N2S/c1-3-7-8-6-5(1)2-4-9-6/h2-4H. The number of fused-ring (bicyclic) bond motifs is 1. The molecule has 2 rings (SSSR count). The second-order valence-electron chi connectivity index (χ2n) is 1.63. The Morgan fingerprint density at radius 3 is 3.44 bits per heavy atom. The van der Waals surface area contributed by atoms with Gasteiger partial charge in [-0.1, -0.05) is 0 Å². The van der Waals surface area contributed by atoms with E-state index in [0.717, 1.165) is 10.2 Å². The molecule has 0 fully saturated rings. The van der Waals surface area contributed by atoms with Crippen LogP contribution in [-0.4, -0.2) is 10.2 Å². The van der Waals surface area contributed by atoms with E-state index in [4.69, 9.17) is 0 Å². The normalized spacial score (nSPS) is 10.2. The fraction of sp³-hybridized carbons (Fsp3) is 0. The third-order valence-corrected chi connectivity index (χ3v) is 1.87. The van der Waals surface area contributed by atoms with Crippen molar-refractivity contribution in [2.75, 3.05) is 0 Å². The average Bonchev–Trinajstić information content (AvgIpc) is 2.33. The lowest BCUT2D eigenvalue weighted by Gasteiger charge is -1.79. The van der Waals surface area contributed by atoms with Gasteiger partial charge in [0.05, 0.1) is 6.20 Å². The van der Waals surface area contributed by atoms with Gasteiger partial charge in [0.25, 0.3) is 0 Å². The van der Waals surface area contributed by atoms with Gasteiger partial charge in [0, 0.05) is 11.5 Å². The van der Waals surface area contributed by atoms with E-state index >= 15 is 0 Å². The molecule has 0 spiro atoms. The summed E-state index contributed by atoms with van der Waals surface area (Å²) < 4.78 is 0. The first-order valence-electron chi connectivity index (χ1n) is 2.53. The van der Waals surface area contributed by atoms with Crippen LogP contribution >= 0.6 is 11.3 Å². The van der Waals surface area contributed by atoms with Crippen molar-refractivity contribution < 1.29 is 0 Å². The Kier molecular flexibility index (Phi) is 0.960. The van der Waals surface area contributed by atoms with Gasteiger partial charge < -0.3 is 0 Å².